The molecule has 1 N–H and O–H groups in total. The second kappa shape index (κ2) is 6.73. The van der Waals surface area contributed by atoms with Crippen molar-refractivity contribution in [3.63, 3.8) is 0 Å². The number of amides is 1. The monoisotopic (exact) mass is 385 g/mol. The van der Waals surface area contributed by atoms with Gasteiger partial charge in [-0.1, -0.05) is 36.0 Å². The first-order valence-electron chi connectivity index (χ1n) is 7.52. The number of hydrogen-bond acceptors (Lipinski definition) is 7. The maximum atomic E-state index is 12.2. The van der Waals surface area contributed by atoms with Gasteiger partial charge >= 0.3 is 0 Å². The first kappa shape index (κ1) is 16.5. The van der Waals surface area contributed by atoms with Crippen molar-refractivity contribution >= 4 is 56.6 Å². The van der Waals surface area contributed by atoms with Crippen LogP contribution in [0.4, 0.5) is 11.4 Å². The number of nitro groups is 1. The topological polar surface area (TPSA) is 102 Å². The van der Waals surface area contributed by atoms with Crippen molar-refractivity contribution in [2.45, 2.75) is 5.16 Å². The minimum atomic E-state index is -0.523. The number of nitro benzene ring substituents is 1. The van der Waals surface area contributed by atoms with Gasteiger partial charge in [0.15, 0.2) is 5.16 Å². The molecule has 8 nitrogen and oxygen atoms in total. The molecule has 2 heterocycles. The van der Waals surface area contributed by atoms with Gasteiger partial charge in [0.2, 0.25) is 10.9 Å². The minimum absolute atomic E-state index is 0.0807. The van der Waals surface area contributed by atoms with Gasteiger partial charge in [0.1, 0.15) is 5.69 Å². The zero-order valence-electron chi connectivity index (χ0n) is 13.2. The summed E-state index contributed by atoms with van der Waals surface area (Å²) in [5.74, 6) is -0.257. The first-order valence-corrected chi connectivity index (χ1v) is 9.28. The van der Waals surface area contributed by atoms with Crippen LogP contribution < -0.4 is 5.32 Å². The fourth-order valence-corrected chi connectivity index (χ4v) is 4.19. The smallest absolute Gasteiger partial charge is 0.292 e. The lowest BCUT2D eigenvalue weighted by molar-refractivity contribution is -0.383. The van der Waals surface area contributed by atoms with E-state index in [1.54, 1.807) is 12.1 Å². The number of aromatic nitrogens is 3. The molecule has 0 aliphatic carbocycles. The molecule has 0 bridgehead atoms. The number of carbonyl (C=O) groups excluding carboxylic acids is 1. The normalized spacial score (nSPS) is 11.1. The summed E-state index contributed by atoms with van der Waals surface area (Å²) in [6, 6.07) is 13.8. The highest BCUT2D eigenvalue weighted by atomic mass is 32.2. The van der Waals surface area contributed by atoms with Gasteiger partial charge in [-0.15, -0.1) is 0 Å². The number of fused-ring (bicyclic) bond motifs is 3. The molecule has 130 valence electrons. The van der Waals surface area contributed by atoms with Crippen LogP contribution in [0.2, 0.25) is 0 Å². The van der Waals surface area contributed by atoms with Crippen molar-refractivity contribution in [2.75, 3.05) is 11.1 Å². The van der Waals surface area contributed by atoms with Crippen LogP contribution in [0, 0.1) is 10.1 Å². The van der Waals surface area contributed by atoms with Crippen LogP contribution in [-0.4, -0.2) is 30.3 Å². The minimum Gasteiger partial charge on any atom is -0.320 e. The fraction of sp³-hybridized carbons (Fsp3) is 0.0625. The molecule has 0 unspecified atom stereocenters. The Morgan fingerprint density at radius 3 is 2.85 bits per heavy atom. The van der Waals surface area contributed by atoms with Crippen molar-refractivity contribution in [3.8, 4) is 0 Å². The van der Waals surface area contributed by atoms with Crippen molar-refractivity contribution < 1.29 is 9.72 Å². The largest absolute Gasteiger partial charge is 0.320 e. The lowest BCUT2D eigenvalue weighted by Crippen LogP contribution is -2.15. The molecule has 0 saturated heterocycles. The average Bonchev–Trinajstić information content (AvgIpc) is 3.19. The number of anilines is 1. The van der Waals surface area contributed by atoms with Crippen molar-refractivity contribution in [1.29, 1.82) is 0 Å². The Morgan fingerprint density at radius 1 is 1.23 bits per heavy atom. The standard InChI is InChI=1S/C16H11N5O3S2/c22-14(17-11-6-2-4-8-13(11)21(23)24)9-25-16-19-26-15-18-10-5-1-3-7-12(10)20(15)16/h1-8H,9H2,(H,17,22). The van der Waals surface area contributed by atoms with Crippen molar-refractivity contribution in [1.82, 2.24) is 13.8 Å². The number of nitrogens with zero attached hydrogens (tertiary/aromatic N) is 4. The van der Waals surface area contributed by atoms with Gasteiger partial charge in [0.05, 0.1) is 21.7 Å². The van der Waals surface area contributed by atoms with Gasteiger partial charge in [0, 0.05) is 17.6 Å². The molecule has 1 amide bonds. The molecular weight excluding hydrogens is 374 g/mol. The maximum absolute atomic E-state index is 12.2. The second-order valence-corrected chi connectivity index (χ2v) is 6.97. The van der Waals surface area contributed by atoms with E-state index >= 15 is 0 Å². The average molecular weight is 385 g/mol. The molecule has 4 aromatic rings. The summed E-state index contributed by atoms with van der Waals surface area (Å²) in [7, 11) is 0. The number of imidazole rings is 1. The number of hydrogen-bond donors (Lipinski definition) is 1. The third-order valence-electron chi connectivity index (χ3n) is 3.63. The summed E-state index contributed by atoms with van der Waals surface area (Å²) in [4.78, 5) is 28.0. The van der Waals surface area contributed by atoms with E-state index < -0.39 is 4.92 Å². The number of carbonyl (C=O) groups is 1. The maximum Gasteiger partial charge on any atom is 0.292 e. The molecular formula is C16H11N5O3S2. The van der Waals surface area contributed by atoms with E-state index in [1.165, 1.54) is 35.4 Å². The number of thioether (sulfide) groups is 1. The third kappa shape index (κ3) is 3.00. The predicted octanol–water partition coefficient (Wildman–Crippen LogP) is 3.58. The molecule has 0 aliphatic rings. The van der Waals surface area contributed by atoms with Crippen LogP contribution in [0.1, 0.15) is 0 Å². The fourth-order valence-electron chi connectivity index (χ4n) is 2.52. The Hall–Kier alpha value is -2.98. The third-order valence-corrected chi connectivity index (χ3v) is 5.39. The predicted molar refractivity (Wildman–Crippen MR) is 101 cm³/mol. The summed E-state index contributed by atoms with van der Waals surface area (Å²) < 4.78 is 6.25. The zero-order chi connectivity index (χ0) is 18.1. The lowest BCUT2D eigenvalue weighted by Gasteiger charge is -2.05. The second-order valence-electron chi connectivity index (χ2n) is 5.29. The highest BCUT2D eigenvalue weighted by Gasteiger charge is 2.17. The van der Waals surface area contributed by atoms with Gasteiger partial charge < -0.3 is 5.32 Å². The van der Waals surface area contributed by atoms with Crippen LogP contribution >= 0.6 is 23.3 Å². The van der Waals surface area contributed by atoms with E-state index in [1.807, 2.05) is 28.7 Å². The van der Waals surface area contributed by atoms with Gasteiger partial charge in [0.25, 0.3) is 5.69 Å². The van der Waals surface area contributed by atoms with E-state index in [9.17, 15) is 14.9 Å². The van der Waals surface area contributed by atoms with E-state index in [0.29, 0.717) is 5.16 Å². The molecule has 10 heteroatoms. The SMILES string of the molecule is O=C(CSc1nsc2nc3ccccc3n12)Nc1ccccc1[N+](=O)[O-]. The highest BCUT2D eigenvalue weighted by Crippen LogP contribution is 2.27. The highest BCUT2D eigenvalue weighted by molar-refractivity contribution is 7.99. The van der Waals surface area contributed by atoms with Crippen LogP contribution in [0.15, 0.2) is 53.7 Å². The number of nitrogens with one attached hydrogen (secondary N) is 1. The summed E-state index contributed by atoms with van der Waals surface area (Å²) in [6.45, 7) is 0. The van der Waals surface area contributed by atoms with Crippen LogP contribution in [0.25, 0.3) is 16.0 Å². The Balaban J connectivity index is 1.52. The number of benzene rings is 2. The quantitative estimate of drug-likeness (QED) is 0.320. The summed E-state index contributed by atoms with van der Waals surface area (Å²) in [5, 5.41) is 14.3. The van der Waals surface area contributed by atoms with Gasteiger partial charge in [-0.3, -0.25) is 19.3 Å². The van der Waals surface area contributed by atoms with E-state index in [-0.39, 0.29) is 23.0 Å². The molecule has 0 fully saturated rings. The number of rotatable bonds is 5. The Kier molecular flexibility index (Phi) is 4.27. The first-order chi connectivity index (χ1) is 12.6. The lowest BCUT2D eigenvalue weighted by atomic mass is 10.2. The van der Waals surface area contributed by atoms with Gasteiger partial charge in [-0.05, 0) is 18.2 Å². The zero-order valence-corrected chi connectivity index (χ0v) is 14.8. The van der Waals surface area contributed by atoms with Gasteiger partial charge in [-0.25, -0.2) is 4.98 Å². The van der Waals surface area contributed by atoms with E-state index in [2.05, 4.69) is 14.7 Å². The molecule has 2 aromatic carbocycles. The summed E-state index contributed by atoms with van der Waals surface area (Å²) in [5.41, 5.74) is 1.84. The molecule has 0 saturated carbocycles. The van der Waals surface area contributed by atoms with Gasteiger partial charge in [-0.2, -0.15) is 4.37 Å². The van der Waals surface area contributed by atoms with Crippen LogP contribution in [0.3, 0.4) is 0 Å². The summed E-state index contributed by atoms with van der Waals surface area (Å²) in [6.07, 6.45) is 0. The van der Waals surface area contributed by atoms with Crippen LogP contribution in [-0.2, 0) is 4.79 Å². The molecule has 26 heavy (non-hydrogen) atoms. The van der Waals surface area contributed by atoms with E-state index in [0.717, 1.165) is 16.0 Å². The molecule has 0 atom stereocenters. The molecule has 0 radical (unpaired) electrons. The Morgan fingerprint density at radius 2 is 2.00 bits per heavy atom. The van der Waals surface area contributed by atoms with E-state index in [4.69, 9.17) is 0 Å². The van der Waals surface area contributed by atoms with Crippen molar-refractivity contribution in [3.05, 3.63) is 58.6 Å². The molecule has 2 aromatic heterocycles. The molecule has 0 spiro atoms. The molecule has 0 aliphatic heterocycles. The van der Waals surface area contributed by atoms with Crippen LogP contribution in [0.5, 0.6) is 0 Å². The molecule has 4 rings (SSSR count). The number of para-hydroxylation sites is 4. The Bertz CT molecular complexity index is 1140. The summed E-state index contributed by atoms with van der Waals surface area (Å²) >= 11 is 2.52. The van der Waals surface area contributed by atoms with Crippen molar-refractivity contribution in [2.24, 2.45) is 0 Å². The Labute approximate surface area is 155 Å².